The van der Waals surface area contributed by atoms with E-state index in [-0.39, 0.29) is 11.5 Å². The van der Waals surface area contributed by atoms with Crippen molar-refractivity contribution in [2.45, 2.75) is 58.2 Å². The highest BCUT2D eigenvalue weighted by Crippen LogP contribution is 2.35. The Bertz CT molecular complexity index is 493. The van der Waals surface area contributed by atoms with Gasteiger partial charge in [0.05, 0.1) is 6.04 Å². The summed E-state index contributed by atoms with van der Waals surface area (Å²) in [4.78, 5) is 15.2. The summed E-state index contributed by atoms with van der Waals surface area (Å²) in [7, 11) is 0. The Balaban J connectivity index is 1.76. The van der Waals surface area contributed by atoms with Crippen LogP contribution in [0.5, 0.6) is 0 Å². The molecule has 1 aliphatic carbocycles. The molecule has 1 saturated heterocycles. The van der Waals surface area contributed by atoms with E-state index in [0.29, 0.717) is 11.9 Å². The maximum absolute atomic E-state index is 13.1. The fraction of sp³-hybridized carbons (Fsp3) is 0.611. The summed E-state index contributed by atoms with van der Waals surface area (Å²) in [5.74, 6) is 0.297. The molecule has 1 saturated carbocycles. The van der Waals surface area contributed by atoms with Crippen LogP contribution in [0.4, 0.5) is 0 Å². The summed E-state index contributed by atoms with van der Waals surface area (Å²) in [5, 5.41) is 3.47. The highest BCUT2D eigenvalue weighted by atomic mass is 16.2. The van der Waals surface area contributed by atoms with E-state index < -0.39 is 0 Å². The fourth-order valence-corrected chi connectivity index (χ4v) is 3.35. The van der Waals surface area contributed by atoms with Crippen LogP contribution in [0.1, 0.15) is 45.1 Å². The van der Waals surface area contributed by atoms with Crippen molar-refractivity contribution in [1.82, 2.24) is 10.2 Å². The lowest BCUT2D eigenvalue weighted by atomic mass is 9.77. The van der Waals surface area contributed by atoms with Crippen molar-refractivity contribution in [2.24, 2.45) is 5.41 Å². The van der Waals surface area contributed by atoms with Crippen LogP contribution in [-0.2, 0) is 11.3 Å². The lowest BCUT2D eigenvalue weighted by molar-refractivity contribution is -0.138. The van der Waals surface area contributed by atoms with Gasteiger partial charge in [0.1, 0.15) is 0 Å². The molecule has 1 N–H and O–H groups in total. The maximum Gasteiger partial charge on any atom is 0.240 e. The van der Waals surface area contributed by atoms with Gasteiger partial charge in [0, 0.05) is 12.6 Å². The smallest absolute Gasteiger partial charge is 0.240 e. The van der Waals surface area contributed by atoms with Crippen LogP contribution in [-0.4, -0.2) is 29.4 Å². The molecule has 0 bridgehead atoms. The first-order chi connectivity index (χ1) is 10.1. The van der Waals surface area contributed by atoms with Gasteiger partial charge in [-0.25, -0.2) is 0 Å². The molecule has 1 atom stereocenters. The number of hydrogen-bond acceptors (Lipinski definition) is 2. The summed E-state index contributed by atoms with van der Waals surface area (Å²) in [6, 6.07) is 10.8. The Morgan fingerprint density at radius 1 is 1.29 bits per heavy atom. The van der Waals surface area contributed by atoms with Crippen LogP contribution >= 0.6 is 0 Å². The number of benzene rings is 1. The number of nitrogens with zero attached hydrogens (tertiary/aromatic N) is 1. The van der Waals surface area contributed by atoms with E-state index >= 15 is 0 Å². The van der Waals surface area contributed by atoms with Crippen molar-refractivity contribution in [3.8, 4) is 0 Å². The molecule has 1 aliphatic heterocycles. The Labute approximate surface area is 127 Å². The predicted octanol–water partition coefficient (Wildman–Crippen LogP) is 2.96. The summed E-state index contributed by atoms with van der Waals surface area (Å²) >= 11 is 0. The SMILES string of the molecule is CC1(C)CCCNC1C(=O)N(Cc1ccccc1)C1CC1. The lowest BCUT2D eigenvalue weighted by Crippen LogP contribution is -2.56. The largest absolute Gasteiger partial charge is 0.334 e. The van der Waals surface area contributed by atoms with Crippen LogP contribution in [0, 0.1) is 5.41 Å². The third-order valence-electron chi connectivity index (χ3n) is 4.84. The highest BCUT2D eigenvalue weighted by molar-refractivity contribution is 5.83. The Morgan fingerprint density at radius 3 is 2.62 bits per heavy atom. The van der Waals surface area contributed by atoms with Crippen LogP contribution in [0.15, 0.2) is 30.3 Å². The third-order valence-corrected chi connectivity index (χ3v) is 4.84. The molecule has 1 aromatic rings. The number of carbonyl (C=O) groups is 1. The summed E-state index contributed by atoms with van der Waals surface area (Å²) in [5.41, 5.74) is 1.28. The molecule has 3 heteroatoms. The second kappa shape index (κ2) is 5.80. The molecule has 1 unspecified atom stereocenters. The zero-order chi connectivity index (χ0) is 14.9. The molecule has 21 heavy (non-hydrogen) atoms. The Morgan fingerprint density at radius 2 is 2.00 bits per heavy atom. The van der Waals surface area contributed by atoms with Gasteiger partial charge in [0.2, 0.25) is 5.91 Å². The Kier molecular flexibility index (Phi) is 4.03. The van der Waals surface area contributed by atoms with Gasteiger partial charge in [-0.2, -0.15) is 0 Å². The minimum Gasteiger partial charge on any atom is -0.334 e. The fourth-order valence-electron chi connectivity index (χ4n) is 3.35. The molecule has 1 heterocycles. The molecule has 0 spiro atoms. The first-order valence-corrected chi connectivity index (χ1v) is 8.16. The monoisotopic (exact) mass is 286 g/mol. The number of piperidine rings is 1. The molecule has 0 aromatic heterocycles. The molecule has 0 radical (unpaired) electrons. The molecule has 1 amide bonds. The van der Waals surface area contributed by atoms with Crippen LogP contribution in [0.3, 0.4) is 0 Å². The quantitative estimate of drug-likeness (QED) is 0.923. The van der Waals surface area contributed by atoms with Crippen molar-refractivity contribution in [3.05, 3.63) is 35.9 Å². The lowest BCUT2D eigenvalue weighted by Gasteiger charge is -2.41. The number of rotatable bonds is 4. The van der Waals surface area contributed by atoms with E-state index in [9.17, 15) is 4.79 Å². The minimum absolute atomic E-state index is 0.0319. The molecule has 3 nitrogen and oxygen atoms in total. The van der Waals surface area contributed by atoms with E-state index in [2.05, 4.69) is 36.2 Å². The first kappa shape index (κ1) is 14.6. The zero-order valence-electron chi connectivity index (χ0n) is 13.1. The standard InChI is InChI=1S/C18H26N2O/c1-18(2)11-6-12-19-16(18)17(21)20(15-9-10-15)13-14-7-4-3-5-8-14/h3-5,7-8,15-16,19H,6,9-13H2,1-2H3. The minimum atomic E-state index is -0.0319. The second-order valence-electron chi connectivity index (χ2n) is 7.16. The number of nitrogens with one attached hydrogen (secondary N) is 1. The van der Waals surface area contributed by atoms with Crippen LogP contribution in [0.2, 0.25) is 0 Å². The molecule has 2 fully saturated rings. The van der Waals surface area contributed by atoms with Gasteiger partial charge >= 0.3 is 0 Å². The van der Waals surface area contributed by atoms with Crippen molar-refractivity contribution in [2.75, 3.05) is 6.54 Å². The number of amides is 1. The van der Waals surface area contributed by atoms with Crippen molar-refractivity contribution in [1.29, 1.82) is 0 Å². The number of carbonyl (C=O) groups excluding carboxylic acids is 1. The topological polar surface area (TPSA) is 32.3 Å². The normalized spacial score (nSPS) is 24.6. The van der Waals surface area contributed by atoms with Crippen LogP contribution in [0.25, 0.3) is 0 Å². The highest BCUT2D eigenvalue weighted by Gasteiger charge is 2.42. The summed E-state index contributed by atoms with van der Waals surface area (Å²) in [6.07, 6.45) is 4.61. The zero-order valence-corrected chi connectivity index (χ0v) is 13.1. The molecule has 114 valence electrons. The van der Waals surface area contributed by atoms with E-state index in [1.165, 1.54) is 12.0 Å². The average Bonchev–Trinajstić information content (AvgIpc) is 3.29. The van der Waals surface area contributed by atoms with E-state index in [1.807, 2.05) is 18.2 Å². The van der Waals surface area contributed by atoms with E-state index in [0.717, 1.165) is 32.4 Å². The van der Waals surface area contributed by atoms with Crippen molar-refractivity contribution in [3.63, 3.8) is 0 Å². The Hall–Kier alpha value is -1.35. The van der Waals surface area contributed by atoms with Gasteiger partial charge in [-0.05, 0) is 43.2 Å². The van der Waals surface area contributed by atoms with Gasteiger partial charge in [-0.15, -0.1) is 0 Å². The van der Waals surface area contributed by atoms with Crippen molar-refractivity contribution >= 4 is 5.91 Å². The third kappa shape index (κ3) is 3.29. The maximum atomic E-state index is 13.1. The van der Waals surface area contributed by atoms with Crippen LogP contribution < -0.4 is 5.32 Å². The molecule has 3 rings (SSSR count). The summed E-state index contributed by atoms with van der Waals surface area (Å²) < 4.78 is 0. The van der Waals surface area contributed by atoms with Gasteiger partial charge < -0.3 is 10.2 Å². The van der Waals surface area contributed by atoms with E-state index in [4.69, 9.17) is 0 Å². The molecular weight excluding hydrogens is 260 g/mol. The molecule has 1 aromatic carbocycles. The van der Waals surface area contributed by atoms with Gasteiger partial charge in [-0.1, -0.05) is 44.2 Å². The van der Waals surface area contributed by atoms with E-state index in [1.54, 1.807) is 0 Å². The molecule has 2 aliphatic rings. The van der Waals surface area contributed by atoms with Gasteiger partial charge in [0.15, 0.2) is 0 Å². The van der Waals surface area contributed by atoms with Gasteiger partial charge in [0.25, 0.3) is 0 Å². The first-order valence-electron chi connectivity index (χ1n) is 8.16. The predicted molar refractivity (Wildman–Crippen MR) is 84.8 cm³/mol. The number of hydrogen-bond donors (Lipinski definition) is 1. The second-order valence-corrected chi connectivity index (χ2v) is 7.16. The average molecular weight is 286 g/mol. The summed E-state index contributed by atoms with van der Waals surface area (Å²) in [6.45, 7) is 6.15. The van der Waals surface area contributed by atoms with Gasteiger partial charge in [-0.3, -0.25) is 4.79 Å². The van der Waals surface area contributed by atoms with Crippen molar-refractivity contribution < 1.29 is 4.79 Å². The molecular formula is C18H26N2O.